The van der Waals surface area contributed by atoms with E-state index in [1.165, 1.54) is 31.0 Å². The zero-order valence-electron chi connectivity index (χ0n) is 18.6. The number of anilines is 1. The van der Waals surface area contributed by atoms with Gasteiger partial charge in [-0.1, -0.05) is 23.9 Å². The molecule has 1 amide bonds. The number of aromatic nitrogens is 3. The Morgan fingerprint density at radius 2 is 1.82 bits per heavy atom. The van der Waals surface area contributed by atoms with Gasteiger partial charge in [-0.3, -0.25) is 4.79 Å². The fourth-order valence-corrected chi connectivity index (χ4v) is 4.73. The predicted octanol–water partition coefficient (Wildman–Crippen LogP) is 6.04. The maximum absolute atomic E-state index is 13.2. The van der Waals surface area contributed by atoms with E-state index >= 15 is 0 Å². The SMILES string of the molecule is CCn1c(SCC(=O)Nc2ccccc2C(F)(F)F)nnc1-c1ccc(OC2CCCC2)cc1. The first kappa shape index (κ1) is 24.1. The van der Waals surface area contributed by atoms with Crippen LogP contribution in [0.2, 0.25) is 0 Å². The smallest absolute Gasteiger partial charge is 0.418 e. The lowest BCUT2D eigenvalue weighted by Crippen LogP contribution is -2.18. The molecule has 180 valence electrons. The number of carbonyl (C=O) groups excluding carboxylic acids is 1. The number of halogens is 3. The standard InChI is InChI=1S/C24H25F3N4O2S/c1-2-31-22(16-11-13-18(14-12-16)33-17-7-3-4-8-17)29-30-23(31)34-15-21(32)28-20-10-6-5-9-19(20)24(25,26)27/h5-6,9-14,17H,2-4,7-8,15H2,1H3,(H,28,32). The van der Waals surface area contributed by atoms with Gasteiger partial charge in [-0.25, -0.2) is 0 Å². The number of hydrogen-bond donors (Lipinski definition) is 1. The molecule has 0 saturated heterocycles. The Labute approximate surface area is 199 Å². The fraction of sp³-hybridized carbons (Fsp3) is 0.375. The molecule has 10 heteroatoms. The minimum Gasteiger partial charge on any atom is -0.490 e. The van der Waals surface area contributed by atoms with Gasteiger partial charge in [0.15, 0.2) is 11.0 Å². The number of nitrogens with one attached hydrogen (secondary N) is 1. The van der Waals surface area contributed by atoms with E-state index in [2.05, 4.69) is 15.5 Å². The number of ether oxygens (including phenoxy) is 1. The molecule has 1 saturated carbocycles. The van der Waals surface area contributed by atoms with E-state index in [0.29, 0.717) is 17.5 Å². The molecular weight excluding hydrogens is 465 g/mol. The van der Waals surface area contributed by atoms with Crippen molar-refractivity contribution in [3.8, 4) is 17.1 Å². The Balaban J connectivity index is 1.40. The van der Waals surface area contributed by atoms with Gasteiger partial charge in [0.05, 0.1) is 23.1 Å². The summed E-state index contributed by atoms with van der Waals surface area (Å²) in [6.07, 6.45) is 0.309. The monoisotopic (exact) mass is 490 g/mol. The van der Waals surface area contributed by atoms with Gasteiger partial charge < -0.3 is 14.6 Å². The average Bonchev–Trinajstić information content (AvgIpc) is 3.47. The molecule has 34 heavy (non-hydrogen) atoms. The summed E-state index contributed by atoms with van der Waals surface area (Å²) in [5.74, 6) is 0.824. The van der Waals surface area contributed by atoms with Crippen LogP contribution in [0.3, 0.4) is 0 Å². The molecule has 1 aliphatic rings. The molecule has 0 atom stereocenters. The average molecular weight is 491 g/mol. The van der Waals surface area contributed by atoms with E-state index in [1.54, 1.807) is 0 Å². The Morgan fingerprint density at radius 3 is 2.50 bits per heavy atom. The van der Waals surface area contributed by atoms with Crippen molar-refractivity contribution in [3.05, 3.63) is 54.1 Å². The number of nitrogens with zero attached hydrogens (tertiary/aromatic N) is 3. The third-order valence-corrected chi connectivity index (χ3v) is 6.56. The summed E-state index contributed by atoms with van der Waals surface area (Å²) in [6.45, 7) is 2.51. The lowest BCUT2D eigenvalue weighted by Gasteiger charge is -2.14. The van der Waals surface area contributed by atoms with Gasteiger partial charge in [-0.15, -0.1) is 10.2 Å². The van der Waals surface area contributed by atoms with Crippen LogP contribution in [-0.4, -0.2) is 32.5 Å². The van der Waals surface area contributed by atoms with Crippen LogP contribution < -0.4 is 10.1 Å². The summed E-state index contributed by atoms with van der Waals surface area (Å²) in [7, 11) is 0. The third-order valence-electron chi connectivity index (χ3n) is 5.59. The molecular formula is C24H25F3N4O2S. The predicted molar refractivity (Wildman–Crippen MR) is 125 cm³/mol. The highest BCUT2D eigenvalue weighted by molar-refractivity contribution is 7.99. The number of alkyl halides is 3. The molecule has 2 aromatic carbocycles. The van der Waals surface area contributed by atoms with Gasteiger partial charge in [-0.2, -0.15) is 13.2 Å². The molecule has 0 spiro atoms. The summed E-state index contributed by atoms with van der Waals surface area (Å²) in [6, 6.07) is 12.6. The Bertz CT molecular complexity index is 1130. The van der Waals surface area contributed by atoms with Crippen molar-refractivity contribution in [2.75, 3.05) is 11.1 Å². The minimum atomic E-state index is -4.55. The quantitative estimate of drug-likeness (QED) is 0.390. The van der Waals surface area contributed by atoms with E-state index < -0.39 is 17.6 Å². The molecule has 1 N–H and O–H groups in total. The summed E-state index contributed by atoms with van der Waals surface area (Å²) >= 11 is 1.12. The van der Waals surface area contributed by atoms with E-state index in [4.69, 9.17) is 4.74 Å². The summed E-state index contributed by atoms with van der Waals surface area (Å²) in [4.78, 5) is 12.4. The highest BCUT2D eigenvalue weighted by Crippen LogP contribution is 2.35. The van der Waals surface area contributed by atoms with E-state index in [0.717, 1.165) is 42.0 Å². The van der Waals surface area contributed by atoms with E-state index in [9.17, 15) is 18.0 Å². The first-order valence-electron chi connectivity index (χ1n) is 11.1. The molecule has 0 radical (unpaired) electrons. The summed E-state index contributed by atoms with van der Waals surface area (Å²) in [5, 5.41) is 11.3. The summed E-state index contributed by atoms with van der Waals surface area (Å²) in [5.41, 5.74) is -0.283. The number of rotatable bonds is 8. The molecule has 1 aliphatic carbocycles. The molecule has 1 fully saturated rings. The van der Waals surface area contributed by atoms with Crippen LogP contribution in [0, 0.1) is 0 Å². The molecule has 1 heterocycles. The van der Waals surface area contributed by atoms with E-state index in [-0.39, 0.29) is 17.5 Å². The van der Waals surface area contributed by atoms with Crippen molar-refractivity contribution in [1.82, 2.24) is 14.8 Å². The van der Waals surface area contributed by atoms with Gasteiger partial charge in [0, 0.05) is 12.1 Å². The van der Waals surface area contributed by atoms with Crippen LogP contribution in [0.4, 0.5) is 18.9 Å². The van der Waals surface area contributed by atoms with Crippen LogP contribution >= 0.6 is 11.8 Å². The van der Waals surface area contributed by atoms with Crippen molar-refractivity contribution in [1.29, 1.82) is 0 Å². The molecule has 4 rings (SSSR count). The summed E-state index contributed by atoms with van der Waals surface area (Å²) < 4.78 is 47.3. The van der Waals surface area contributed by atoms with Gasteiger partial charge in [0.2, 0.25) is 5.91 Å². The van der Waals surface area contributed by atoms with Crippen molar-refractivity contribution in [2.45, 2.75) is 56.6 Å². The van der Waals surface area contributed by atoms with Gasteiger partial charge in [0.25, 0.3) is 0 Å². The number of carbonyl (C=O) groups is 1. The third kappa shape index (κ3) is 5.72. The normalized spacial score (nSPS) is 14.4. The second kappa shape index (κ2) is 10.5. The molecule has 3 aromatic rings. The second-order valence-electron chi connectivity index (χ2n) is 7.98. The highest BCUT2D eigenvalue weighted by Gasteiger charge is 2.33. The zero-order chi connectivity index (χ0) is 24.1. The highest BCUT2D eigenvalue weighted by atomic mass is 32.2. The number of amides is 1. The second-order valence-corrected chi connectivity index (χ2v) is 8.92. The molecule has 1 aromatic heterocycles. The van der Waals surface area contributed by atoms with Gasteiger partial charge >= 0.3 is 6.18 Å². The van der Waals surface area contributed by atoms with Crippen LogP contribution in [-0.2, 0) is 17.5 Å². The van der Waals surface area contributed by atoms with Gasteiger partial charge in [-0.05, 0) is 69.0 Å². The van der Waals surface area contributed by atoms with Crippen molar-refractivity contribution in [3.63, 3.8) is 0 Å². The maximum Gasteiger partial charge on any atom is 0.418 e. The fourth-order valence-electron chi connectivity index (χ4n) is 3.93. The number of benzene rings is 2. The number of thioether (sulfide) groups is 1. The topological polar surface area (TPSA) is 69.0 Å². The first-order chi connectivity index (χ1) is 16.3. The van der Waals surface area contributed by atoms with Crippen molar-refractivity contribution >= 4 is 23.4 Å². The largest absolute Gasteiger partial charge is 0.490 e. The number of hydrogen-bond acceptors (Lipinski definition) is 5. The van der Waals surface area contributed by atoms with Crippen LogP contribution in [0.5, 0.6) is 5.75 Å². The van der Waals surface area contributed by atoms with Gasteiger partial charge in [0.1, 0.15) is 5.75 Å². The lowest BCUT2D eigenvalue weighted by molar-refractivity contribution is -0.137. The Morgan fingerprint density at radius 1 is 1.12 bits per heavy atom. The van der Waals surface area contributed by atoms with Crippen LogP contribution in [0.1, 0.15) is 38.2 Å². The molecule has 0 aliphatic heterocycles. The van der Waals surface area contributed by atoms with Crippen LogP contribution in [0.15, 0.2) is 53.7 Å². The van der Waals surface area contributed by atoms with Crippen molar-refractivity contribution < 1.29 is 22.7 Å². The number of para-hydroxylation sites is 1. The lowest BCUT2D eigenvalue weighted by atomic mass is 10.1. The molecule has 0 unspecified atom stereocenters. The maximum atomic E-state index is 13.2. The zero-order valence-corrected chi connectivity index (χ0v) is 19.5. The Kier molecular flexibility index (Phi) is 7.45. The first-order valence-corrected chi connectivity index (χ1v) is 12.1. The molecule has 6 nitrogen and oxygen atoms in total. The van der Waals surface area contributed by atoms with E-state index in [1.807, 2.05) is 35.8 Å². The minimum absolute atomic E-state index is 0.0987. The van der Waals surface area contributed by atoms with Crippen LogP contribution in [0.25, 0.3) is 11.4 Å². The van der Waals surface area contributed by atoms with Crippen molar-refractivity contribution in [2.24, 2.45) is 0 Å². The Hall–Kier alpha value is -3.01. The molecule has 0 bridgehead atoms.